The van der Waals surface area contributed by atoms with Gasteiger partial charge in [-0.2, -0.15) is 0 Å². The molecule has 1 fully saturated rings. The van der Waals surface area contributed by atoms with E-state index in [4.69, 9.17) is 11.6 Å². The van der Waals surface area contributed by atoms with E-state index in [-0.39, 0.29) is 5.75 Å². The molecule has 1 aliphatic heterocycles. The first-order valence-electron chi connectivity index (χ1n) is 7.00. The molecule has 0 aromatic heterocycles. The van der Waals surface area contributed by atoms with Gasteiger partial charge in [-0.1, -0.05) is 30.7 Å². The van der Waals surface area contributed by atoms with E-state index in [0.717, 1.165) is 18.7 Å². The fourth-order valence-corrected chi connectivity index (χ4v) is 2.96. The van der Waals surface area contributed by atoms with Crippen molar-refractivity contribution in [2.24, 2.45) is 0 Å². The van der Waals surface area contributed by atoms with Crippen molar-refractivity contribution < 1.29 is 5.11 Å². The van der Waals surface area contributed by atoms with Crippen molar-refractivity contribution in [3.8, 4) is 5.75 Å². The highest BCUT2D eigenvalue weighted by molar-refractivity contribution is 6.32. The first kappa shape index (κ1) is 14.6. The predicted molar refractivity (Wildman–Crippen MR) is 79.7 cm³/mol. The summed E-state index contributed by atoms with van der Waals surface area (Å²) in [6, 6.07) is 6.16. The molecule has 0 radical (unpaired) electrons. The molecule has 1 aromatic carbocycles. The van der Waals surface area contributed by atoms with Gasteiger partial charge in [0.1, 0.15) is 5.75 Å². The van der Waals surface area contributed by atoms with Crippen molar-refractivity contribution >= 4 is 11.6 Å². The van der Waals surface area contributed by atoms with Crippen LogP contribution in [0.5, 0.6) is 5.75 Å². The van der Waals surface area contributed by atoms with Crippen molar-refractivity contribution in [1.29, 1.82) is 0 Å². The SMILES string of the molecule is CCN1CCC(N(C)Cc2cccc(Cl)c2O)CC1. The predicted octanol–water partition coefficient (Wildman–Crippen LogP) is 2.96. The maximum atomic E-state index is 9.96. The highest BCUT2D eigenvalue weighted by Crippen LogP contribution is 2.28. The molecule has 1 N–H and O–H groups in total. The number of nitrogens with zero attached hydrogens (tertiary/aromatic N) is 2. The third-order valence-electron chi connectivity index (χ3n) is 4.12. The summed E-state index contributed by atoms with van der Waals surface area (Å²) in [6.07, 6.45) is 2.40. The number of para-hydroxylation sites is 1. The third-order valence-corrected chi connectivity index (χ3v) is 4.42. The molecule has 0 atom stereocenters. The molecule has 0 aliphatic carbocycles. The molecule has 0 spiro atoms. The van der Waals surface area contributed by atoms with Gasteiger partial charge in [0.25, 0.3) is 0 Å². The van der Waals surface area contributed by atoms with Gasteiger partial charge < -0.3 is 10.0 Å². The van der Waals surface area contributed by atoms with Crippen LogP contribution in [0.25, 0.3) is 0 Å². The van der Waals surface area contributed by atoms with Crippen LogP contribution in [0.2, 0.25) is 5.02 Å². The summed E-state index contributed by atoms with van der Waals surface area (Å²) in [6.45, 7) is 6.46. The number of phenolic OH excluding ortho intramolecular Hbond substituents is 1. The van der Waals surface area contributed by atoms with Crippen molar-refractivity contribution in [3.05, 3.63) is 28.8 Å². The Morgan fingerprint density at radius 1 is 1.37 bits per heavy atom. The minimum absolute atomic E-state index is 0.224. The summed E-state index contributed by atoms with van der Waals surface area (Å²) in [7, 11) is 2.13. The fraction of sp³-hybridized carbons (Fsp3) is 0.600. The highest BCUT2D eigenvalue weighted by atomic mass is 35.5. The van der Waals surface area contributed by atoms with E-state index in [0.29, 0.717) is 11.1 Å². The first-order chi connectivity index (χ1) is 9.11. The second-order valence-corrected chi connectivity index (χ2v) is 5.74. The number of piperidine rings is 1. The van der Waals surface area contributed by atoms with Crippen LogP contribution in [0.4, 0.5) is 0 Å². The number of likely N-dealkylation sites (tertiary alicyclic amines) is 1. The molecule has 0 saturated carbocycles. The summed E-state index contributed by atoms with van der Waals surface area (Å²) < 4.78 is 0. The number of hydrogen-bond acceptors (Lipinski definition) is 3. The van der Waals surface area contributed by atoms with Crippen molar-refractivity contribution in [3.63, 3.8) is 0 Å². The van der Waals surface area contributed by atoms with Crippen LogP contribution in [-0.4, -0.2) is 47.6 Å². The Morgan fingerprint density at radius 3 is 2.68 bits per heavy atom. The zero-order valence-electron chi connectivity index (χ0n) is 11.8. The first-order valence-corrected chi connectivity index (χ1v) is 7.38. The monoisotopic (exact) mass is 282 g/mol. The lowest BCUT2D eigenvalue weighted by Gasteiger charge is -2.36. The molecule has 0 unspecified atom stereocenters. The Hall–Kier alpha value is -0.770. The van der Waals surface area contributed by atoms with Crippen molar-refractivity contribution in [2.75, 3.05) is 26.7 Å². The van der Waals surface area contributed by atoms with E-state index >= 15 is 0 Å². The second kappa shape index (κ2) is 6.60. The average molecular weight is 283 g/mol. The Balaban J connectivity index is 1.94. The molecule has 1 aliphatic rings. The van der Waals surface area contributed by atoms with Gasteiger partial charge in [0.2, 0.25) is 0 Å². The van der Waals surface area contributed by atoms with Gasteiger partial charge >= 0.3 is 0 Å². The molecule has 19 heavy (non-hydrogen) atoms. The molecule has 0 bridgehead atoms. The van der Waals surface area contributed by atoms with Gasteiger partial charge in [-0.25, -0.2) is 0 Å². The Labute approximate surface area is 120 Å². The van der Waals surface area contributed by atoms with Gasteiger partial charge in [-0.15, -0.1) is 0 Å². The molecule has 2 rings (SSSR count). The Kier molecular flexibility index (Phi) is 5.08. The summed E-state index contributed by atoms with van der Waals surface area (Å²) in [5.74, 6) is 0.224. The minimum atomic E-state index is 0.224. The van der Waals surface area contributed by atoms with Crippen LogP contribution in [0.1, 0.15) is 25.3 Å². The van der Waals surface area contributed by atoms with E-state index in [1.165, 1.54) is 25.9 Å². The zero-order chi connectivity index (χ0) is 13.8. The average Bonchev–Trinajstić information content (AvgIpc) is 2.44. The molecule has 1 aromatic rings. The number of halogens is 1. The quantitative estimate of drug-likeness (QED) is 0.920. The standard InChI is InChI=1S/C15H23ClN2O/c1-3-18-9-7-13(8-10-18)17(2)11-12-5-4-6-14(16)15(12)19/h4-6,13,19H,3,7-11H2,1-2H3. The molecule has 1 saturated heterocycles. The molecule has 4 heteroatoms. The lowest BCUT2D eigenvalue weighted by Crippen LogP contribution is -2.42. The van der Waals surface area contributed by atoms with E-state index in [1.54, 1.807) is 6.07 Å². The second-order valence-electron chi connectivity index (χ2n) is 5.33. The lowest BCUT2D eigenvalue weighted by molar-refractivity contribution is 0.126. The summed E-state index contributed by atoms with van der Waals surface area (Å²) >= 11 is 5.95. The Bertz CT molecular complexity index is 417. The zero-order valence-corrected chi connectivity index (χ0v) is 12.5. The number of aromatic hydroxyl groups is 1. The van der Waals surface area contributed by atoms with Crippen LogP contribution in [0, 0.1) is 0 Å². The van der Waals surface area contributed by atoms with E-state index in [9.17, 15) is 5.11 Å². The topological polar surface area (TPSA) is 26.7 Å². The van der Waals surface area contributed by atoms with Gasteiger partial charge in [-0.3, -0.25) is 4.90 Å². The van der Waals surface area contributed by atoms with E-state index in [2.05, 4.69) is 23.8 Å². The summed E-state index contributed by atoms with van der Waals surface area (Å²) in [5, 5.41) is 10.4. The van der Waals surface area contributed by atoms with Crippen LogP contribution < -0.4 is 0 Å². The minimum Gasteiger partial charge on any atom is -0.506 e. The van der Waals surface area contributed by atoms with Crippen molar-refractivity contribution in [1.82, 2.24) is 9.80 Å². The smallest absolute Gasteiger partial charge is 0.138 e. The van der Waals surface area contributed by atoms with Crippen LogP contribution >= 0.6 is 11.6 Å². The summed E-state index contributed by atoms with van der Waals surface area (Å²) in [5.41, 5.74) is 0.910. The number of benzene rings is 1. The highest BCUT2D eigenvalue weighted by Gasteiger charge is 2.22. The van der Waals surface area contributed by atoms with E-state index in [1.807, 2.05) is 12.1 Å². The Morgan fingerprint density at radius 2 is 2.05 bits per heavy atom. The van der Waals surface area contributed by atoms with Crippen LogP contribution in [0.3, 0.4) is 0 Å². The molecular weight excluding hydrogens is 260 g/mol. The fourth-order valence-electron chi connectivity index (χ4n) is 2.76. The number of rotatable bonds is 4. The van der Waals surface area contributed by atoms with Gasteiger partial charge in [0.15, 0.2) is 0 Å². The molecular formula is C15H23ClN2O. The maximum Gasteiger partial charge on any atom is 0.138 e. The van der Waals surface area contributed by atoms with Crippen LogP contribution in [-0.2, 0) is 6.54 Å². The van der Waals surface area contributed by atoms with Gasteiger partial charge in [0, 0.05) is 18.2 Å². The maximum absolute atomic E-state index is 9.96. The van der Waals surface area contributed by atoms with Gasteiger partial charge in [0.05, 0.1) is 5.02 Å². The van der Waals surface area contributed by atoms with Crippen LogP contribution in [0.15, 0.2) is 18.2 Å². The molecule has 0 amide bonds. The molecule has 3 nitrogen and oxygen atoms in total. The number of phenols is 1. The van der Waals surface area contributed by atoms with Gasteiger partial charge in [-0.05, 0) is 45.6 Å². The normalized spacial score (nSPS) is 18.1. The third kappa shape index (κ3) is 3.62. The number of hydrogen-bond donors (Lipinski definition) is 1. The van der Waals surface area contributed by atoms with Crippen molar-refractivity contribution in [2.45, 2.75) is 32.4 Å². The van der Waals surface area contributed by atoms with E-state index < -0.39 is 0 Å². The largest absolute Gasteiger partial charge is 0.506 e. The molecule has 106 valence electrons. The molecule has 1 heterocycles. The lowest BCUT2D eigenvalue weighted by atomic mass is 10.0. The summed E-state index contributed by atoms with van der Waals surface area (Å²) in [4.78, 5) is 4.82.